The molecule has 3 N–H and O–H groups in total. The molecule has 23 heavy (non-hydrogen) atoms. The predicted octanol–water partition coefficient (Wildman–Crippen LogP) is 3.31. The number of phenolic OH excluding ortho intramolecular Hbond substituents is 3. The maximum Gasteiger partial charge on any atom is 0.254 e. The van der Waals surface area contributed by atoms with Crippen LogP contribution >= 0.6 is 23.2 Å². The van der Waals surface area contributed by atoms with Crippen LogP contribution < -0.4 is 0 Å². The summed E-state index contributed by atoms with van der Waals surface area (Å²) in [6.45, 7) is 0.554. The zero-order valence-corrected chi connectivity index (χ0v) is 13.4. The zero-order valence-electron chi connectivity index (χ0n) is 11.9. The SMILES string of the molecule is O=C(c1cccc(O)c1)N1CCc2c(Cl)c(O)c(O)c(Cl)c2C1. The molecule has 1 amide bonds. The molecule has 1 heterocycles. The number of rotatable bonds is 1. The van der Waals surface area contributed by atoms with Gasteiger partial charge in [-0.2, -0.15) is 0 Å². The average Bonchev–Trinajstić information content (AvgIpc) is 2.57. The monoisotopic (exact) mass is 353 g/mol. The van der Waals surface area contributed by atoms with E-state index in [1.54, 1.807) is 17.0 Å². The molecule has 5 nitrogen and oxygen atoms in total. The van der Waals surface area contributed by atoms with Crippen molar-refractivity contribution in [2.75, 3.05) is 6.54 Å². The first kappa shape index (κ1) is 15.8. The van der Waals surface area contributed by atoms with Gasteiger partial charge in [-0.05, 0) is 35.7 Å². The van der Waals surface area contributed by atoms with Crippen molar-refractivity contribution >= 4 is 29.1 Å². The summed E-state index contributed by atoms with van der Waals surface area (Å²) in [5, 5.41) is 29.1. The van der Waals surface area contributed by atoms with Gasteiger partial charge in [0.15, 0.2) is 11.5 Å². The van der Waals surface area contributed by atoms with Gasteiger partial charge in [0.25, 0.3) is 5.91 Å². The van der Waals surface area contributed by atoms with E-state index in [0.29, 0.717) is 29.7 Å². The van der Waals surface area contributed by atoms with Crippen LogP contribution in [0.15, 0.2) is 24.3 Å². The summed E-state index contributed by atoms with van der Waals surface area (Å²) in [6, 6.07) is 6.08. The van der Waals surface area contributed by atoms with Crippen LogP contribution in [-0.2, 0) is 13.0 Å². The van der Waals surface area contributed by atoms with E-state index in [4.69, 9.17) is 23.2 Å². The number of hydrogen-bond donors (Lipinski definition) is 3. The fraction of sp³-hybridized carbons (Fsp3) is 0.188. The van der Waals surface area contributed by atoms with E-state index in [0.717, 1.165) is 0 Å². The van der Waals surface area contributed by atoms with Gasteiger partial charge in [-0.1, -0.05) is 29.3 Å². The number of hydrogen-bond acceptors (Lipinski definition) is 4. The van der Waals surface area contributed by atoms with Crippen LogP contribution in [0.4, 0.5) is 0 Å². The minimum Gasteiger partial charge on any atom is -0.508 e. The highest BCUT2D eigenvalue weighted by Gasteiger charge is 2.29. The third-order valence-electron chi connectivity index (χ3n) is 3.90. The Bertz CT molecular complexity index is 807. The third kappa shape index (κ3) is 2.66. The molecule has 1 aliphatic heterocycles. The molecule has 0 radical (unpaired) electrons. The molecule has 0 aromatic heterocycles. The van der Waals surface area contributed by atoms with E-state index < -0.39 is 11.5 Å². The predicted molar refractivity (Wildman–Crippen MR) is 86.3 cm³/mol. The molecule has 2 aromatic carbocycles. The lowest BCUT2D eigenvalue weighted by Crippen LogP contribution is -2.36. The molecule has 0 saturated carbocycles. The molecule has 2 aromatic rings. The lowest BCUT2D eigenvalue weighted by Gasteiger charge is -2.30. The van der Waals surface area contributed by atoms with E-state index in [9.17, 15) is 20.1 Å². The van der Waals surface area contributed by atoms with Gasteiger partial charge in [0, 0.05) is 18.7 Å². The fourth-order valence-electron chi connectivity index (χ4n) is 2.70. The summed E-state index contributed by atoms with van der Waals surface area (Å²) in [5.41, 5.74) is 1.51. The number of carbonyl (C=O) groups excluding carboxylic acids is 1. The summed E-state index contributed by atoms with van der Waals surface area (Å²) >= 11 is 12.1. The molecule has 0 bridgehead atoms. The van der Waals surface area contributed by atoms with Crippen LogP contribution in [-0.4, -0.2) is 32.7 Å². The Hall–Kier alpha value is -2.11. The number of amides is 1. The van der Waals surface area contributed by atoms with Gasteiger partial charge in [0.2, 0.25) is 0 Å². The maximum absolute atomic E-state index is 12.5. The average molecular weight is 354 g/mol. The Morgan fingerprint density at radius 3 is 2.35 bits per heavy atom. The van der Waals surface area contributed by atoms with Crippen LogP contribution in [0, 0.1) is 0 Å². The molecular weight excluding hydrogens is 341 g/mol. The molecule has 0 spiro atoms. The van der Waals surface area contributed by atoms with Gasteiger partial charge in [-0.25, -0.2) is 0 Å². The van der Waals surface area contributed by atoms with Crippen LogP contribution in [0.3, 0.4) is 0 Å². The molecule has 0 aliphatic carbocycles. The van der Waals surface area contributed by atoms with Crippen molar-refractivity contribution < 1.29 is 20.1 Å². The first-order valence-corrected chi connectivity index (χ1v) is 7.64. The van der Waals surface area contributed by atoms with Crippen molar-refractivity contribution in [3.63, 3.8) is 0 Å². The number of halogens is 2. The van der Waals surface area contributed by atoms with Crippen LogP contribution in [0.5, 0.6) is 17.2 Å². The molecule has 0 saturated heterocycles. The van der Waals surface area contributed by atoms with Gasteiger partial charge in [0.1, 0.15) is 5.75 Å². The van der Waals surface area contributed by atoms with E-state index in [1.807, 2.05) is 0 Å². The smallest absolute Gasteiger partial charge is 0.254 e. The lowest BCUT2D eigenvalue weighted by molar-refractivity contribution is 0.0734. The molecule has 1 aliphatic rings. The van der Waals surface area contributed by atoms with E-state index in [1.165, 1.54) is 12.1 Å². The van der Waals surface area contributed by atoms with Crippen molar-refractivity contribution in [2.24, 2.45) is 0 Å². The highest BCUT2D eigenvalue weighted by atomic mass is 35.5. The molecule has 0 atom stereocenters. The number of fused-ring (bicyclic) bond motifs is 1. The topological polar surface area (TPSA) is 81.0 Å². The standard InChI is InChI=1S/C16H13Cl2NO4/c17-12-10-4-5-19(7-11(10)13(18)15(22)14(12)21)16(23)8-2-1-3-9(20)6-8/h1-3,6,20-22H,4-5,7H2. The minimum atomic E-state index is -0.484. The number of nitrogens with zero attached hydrogens (tertiary/aromatic N) is 1. The molecule has 0 unspecified atom stereocenters. The summed E-state index contributed by atoms with van der Waals surface area (Å²) in [7, 11) is 0. The summed E-state index contributed by atoms with van der Waals surface area (Å²) in [4.78, 5) is 14.1. The highest BCUT2D eigenvalue weighted by Crippen LogP contribution is 2.46. The van der Waals surface area contributed by atoms with Crippen LogP contribution in [0.2, 0.25) is 10.0 Å². The van der Waals surface area contributed by atoms with Gasteiger partial charge >= 0.3 is 0 Å². The largest absolute Gasteiger partial charge is 0.508 e. The Balaban J connectivity index is 1.96. The van der Waals surface area contributed by atoms with Crippen LogP contribution in [0.1, 0.15) is 21.5 Å². The molecule has 120 valence electrons. The third-order valence-corrected chi connectivity index (χ3v) is 4.71. The van der Waals surface area contributed by atoms with Gasteiger partial charge < -0.3 is 20.2 Å². The summed E-state index contributed by atoms with van der Waals surface area (Å²) in [6.07, 6.45) is 0.409. The quantitative estimate of drug-likeness (QED) is 0.687. The van der Waals surface area contributed by atoms with Crippen molar-refractivity contribution in [1.29, 1.82) is 0 Å². The second-order valence-electron chi connectivity index (χ2n) is 5.31. The molecule has 0 fully saturated rings. The van der Waals surface area contributed by atoms with Crippen molar-refractivity contribution in [2.45, 2.75) is 13.0 Å². The Labute approximate surface area is 142 Å². The molecular formula is C16H13Cl2NO4. The maximum atomic E-state index is 12.5. The number of benzene rings is 2. The first-order chi connectivity index (χ1) is 10.9. The first-order valence-electron chi connectivity index (χ1n) is 6.89. The number of carbonyl (C=O) groups is 1. The van der Waals surface area contributed by atoms with Gasteiger partial charge in [-0.3, -0.25) is 4.79 Å². The van der Waals surface area contributed by atoms with Crippen LogP contribution in [0.25, 0.3) is 0 Å². The minimum absolute atomic E-state index is 0.00434. The Morgan fingerprint density at radius 1 is 1.04 bits per heavy atom. The normalized spacial score (nSPS) is 13.7. The second-order valence-corrected chi connectivity index (χ2v) is 6.07. The van der Waals surface area contributed by atoms with Gasteiger partial charge in [-0.15, -0.1) is 0 Å². The van der Waals surface area contributed by atoms with Gasteiger partial charge in [0.05, 0.1) is 10.0 Å². The highest BCUT2D eigenvalue weighted by molar-refractivity contribution is 6.36. The Morgan fingerprint density at radius 2 is 1.70 bits per heavy atom. The second kappa shape index (κ2) is 5.83. The summed E-state index contributed by atoms with van der Waals surface area (Å²) < 4.78 is 0. The summed E-state index contributed by atoms with van der Waals surface area (Å²) in [5.74, 6) is -1.17. The molecule has 3 rings (SSSR count). The van der Waals surface area contributed by atoms with Crippen molar-refractivity contribution in [3.8, 4) is 17.2 Å². The van der Waals surface area contributed by atoms with E-state index in [-0.39, 0.29) is 28.2 Å². The van der Waals surface area contributed by atoms with E-state index >= 15 is 0 Å². The lowest BCUT2D eigenvalue weighted by atomic mass is 9.97. The van der Waals surface area contributed by atoms with E-state index in [2.05, 4.69) is 0 Å². The van der Waals surface area contributed by atoms with Crippen molar-refractivity contribution in [1.82, 2.24) is 4.90 Å². The number of phenols is 3. The number of aromatic hydroxyl groups is 3. The fourth-order valence-corrected chi connectivity index (χ4v) is 3.26. The molecule has 7 heteroatoms. The van der Waals surface area contributed by atoms with Crippen molar-refractivity contribution in [3.05, 3.63) is 51.0 Å². The Kier molecular flexibility index (Phi) is 4.00. The zero-order chi connectivity index (χ0) is 16.7.